The molecule has 0 aromatic rings. The molecule has 4 heteroatoms. The van der Waals surface area contributed by atoms with Crippen LogP contribution in [-0.2, 0) is 21.3 Å². The minimum absolute atomic E-state index is 0. The number of quaternary nitrogens is 1. The molecule has 0 fully saturated rings. The fourth-order valence-electron chi connectivity index (χ4n) is 0.387. The maximum Gasteiger partial charge on any atom is 2.00 e. The van der Waals surface area contributed by atoms with Crippen LogP contribution < -0.4 is 5.11 Å². The van der Waals surface area contributed by atoms with E-state index in [2.05, 4.69) is 0 Å². The fraction of sp³-hybridized carbons (Fsp3) is 0.800. The first-order valence-corrected chi connectivity index (χ1v) is 2.42. The van der Waals surface area contributed by atoms with Crippen molar-refractivity contribution in [1.82, 2.24) is 0 Å². The first kappa shape index (κ1) is 11.7. The van der Waals surface area contributed by atoms with Gasteiger partial charge in [0.25, 0.3) is 0 Å². The topological polar surface area (TPSA) is 40.1 Å². The van der Waals surface area contributed by atoms with Crippen molar-refractivity contribution in [2.45, 2.75) is 0 Å². The number of likely N-dealkylation sites (N-methyl/N-ethyl adjacent to an activating group) is 1. The van der Waals surface area contributed by atoms with Crippen LogP contribution in [0.4, 0.5) is 0 Å². The molecule has 0 aliphatic rings. The van der Waals surface area contributed by atoms with Crippen molar-refractivity contribution in [3.05, 3.63) is 0 Å². The Labute approximate surface area is 65.2 Å². The van der Waals surface area contributed by atoms with Gasteiger partial charge in [-0.05, 0) is 0 Å². The van der Waals surface area contributed by atoms with Crippen LogP contribution in [0.25, 0.3) is 0 Å². The second kappa shape index (κ2) is 3.86. The molecule has 9 heavy (non-hydrogen) atoms. The molecule has 3 nitrogen and oxygen atoms in total. The summed E-state index contributed by atoms with van der Waals surface area (Å²) < 4.78 is 0.419. The minimum Gasteiger partial charge on any atom is -0.544 e. The third-order valence-corrected chi connectivity index (χ3v) is 0.603. The van der Waals surface area contributed by atoms with Crippen LogP contribution in [0.2, 0.25) is 0 Å². The molecule has 0 N–H and O–H groups in total. The summed E-state index contributed by atoms with van der Waals surface area (Å²) in [5, 5.41) is 9.89. The molecule has 0 aromatic carbocycles. The molecule has 0 saturated carbocycles. The summed E-state index contributed by atoms with van der Waals surface area (Å²) >= 11 is 0. The molecular weight excluding hydrogens is 165 g/mol. The van der Waals surface area contributed by atoms with Gasteiger partial charge in [0.2, 0.25) is 0 Å². The first-order valence-electron chi connectivity index (χ1n) is 2.42. The van der Waals surface area contributed by atoms with Crippen LogP contribution in [0.1, 0.15) is 0 Å². The van der Waals surface area contributed by atoms with E-state index in [0.717, 1.165) is 0 Å². The summed E-state index contributed by atoms with van der Waals surface area (Å²) in [6, 6.07) is 0. The molecular formula is C5H11NNiO2+2. The summed E-state index contributed by atoms with van der Waals surface area (Å²) in [4.78, 5) is 9.89. The number of carboxylic acid groups (broad SMARTS) is 1. The van der Waals surface area contributed by atoms with Gasteiger partial charge in [-0.2, -0.15) is 0 Å². The summed E-state index contributed by atoms with van der Waals surface area (Å²) in [6.07, 6.45) is 0. The van der Waals surface area contributed by atoms with Gasteiger partial charge in [0.1, 0.15) is 6.54 Å². The van der Waals surface area contributed by atoms with E-state index < -0.39 is 5.97 Å². The molecule has 0 spiro atoms. The van der Waals surface area contributed by atoms with Crippen molar-refractivity contribution in [3.8, 4) is 0 Å². The maximum absolute atomic E-state index is 9.89. The molecule has 0 saturated heterocycles. The number of nitrogens with zero attached hydrogens (tertiary/aromatic N) is 1. The van der Waals surface area contributed by atoms with E-state index in [0.29, 0.717) is 4.48 Å². The van der Waals surface area contributed by atoms with Crippen molar-refractivity contribution < 1.29 is 30.9 Å². The Morgan fingerprint density at radius 3 is 1.78 bits per heavy atom. The second-order valence-corrected chi connectivity index (χ2v) is 2.82. The van der Waals surface area contributed by atoms with Gasteiger partial charge in [0.05, 0.1) is 27.1 Å². The normalized spacial score (nSPS) is 10.1. The number of rotatable bonds is 2. The van der Waals surface area contributed by atoms with Crippen LogP contribution in [-0.4, -0.2) is 38.1 Å². The molecule has 0 aliphatic heterocycles. The van der Waals surface area contributed by atoms with Gasteiger partial charge in [-0.3, -0.25) is 0 Å². The Morgan fingerprint density at radius 1 is 1.44 bits per heavy atom. The van der Waals surface area contributed by atoms with Crippen molar-refractivity contribution in [2.75, 3.05) is 27.7 Å². The standard InChI is InChI=1S/C5H11NO2.Ni/c1-6(2,3)4-5(7)8;/h4H2,1-3H3;/q;+2. The van der Waals surface area contributed by atoms with Crippen molar-refractivity contribution in [3.63, 3.8) is 0 Å². The Hall–Kier alpha value is -0.0765. The summed E-state index contributed by atoms with van der Waals surface area (Å²) in [5.41, 5.74) is 0. The largest absolute Gasteiger partial charge is 2.00 e. The quantitative estimate of drug-likeness (QED) is 0.377. The van der Waals surface area contributed by atoms with Gasteiger partial charge in [-0.15, -0.1) is 0 Å². The predicted molar refractivity (Wildman–Crippen MR) is 27.9 cm³/mol. The van der Waals surface area contributed by atoms with Crippen LogP contribution in [0.3, 0.4) is 0 Å². The van der Waals surface area contributed by atoms with Gasteiger partial charge < -0.3 is 14.4 Å². The number of carbonyl (C=O) groups is 1. The average molecular weight is 176 g/mol. The zero-order valence-corrected chi connectivity index (χ0v) is 6.77. The van der Waals surface area contributed by atoms with E-state index in [1.54, 1.807) is 21.1 Å². The van der Waals surface area contributed by atoms with E-state index in [-0.39, 0.29) is 23.0 Å². The third-order valence-electron chi connectivity index (χ3n) is 0.603. The molecule has 0 aromatic heterocycles. The first-order chi connectivity index (χ1) is 3.42. The summed E-state index contributed by atoms with van der Waals surface area (Å²) in [5.74, 6) is -1.00. The molecule has 0 bridgehead atoms. The molecule has 0 amide bonds. The van der Waals surface area contributed by atoms with E-state index in [1.807, 2.05) is 0 Å². The van der Waals surface area contributed by atoms with Crippen molar-refractivity contribution in [1.29, 1.82) is 0 Å². The molecule has 0 rings (SSSR count). The van der Waals surface area contributed by atoms with Gasteiger partial charge in [-0.1, -0.05) is 0 Å². The molecule has 0 aliphatic carbocycles. The zero-order valence-electron chi connectivity index (χ0n) is 5.79. The van der Waals surface area contributed by atoms with Crippen LogP contribution in [0.5, 0.6) is 0 Å². The van der Waals surface area contributed by atoms with E-state index in [1.165, 1.54) is 0 Å². The summed E-state index contributed by atoms with van der Waals surface area (Å²) in [6.45, 7) is 0.0694. The second-order valence-electron chi connectivity index (χ2n) is 2.82. The monoisotopic (exact) mass is 175 g/mol. The number of hydrogen-bond donors (Lipinski definition) is 0. The van der Waals surface area contributed by atoms with Gasteiger partial charge >= 0.3 is 16.5 Å². The Kier molecular flexibility index (Phi) is 5.01. The van der Waals surface area contributed by atoms with Crippen molar-refractivity contribution >= 4 is 5.97 Å². The third kappa shape index (κ3) is 11.5. The SMILES string of the molecule is C[N+](C)(C)CC(=O)[O-].[Ni+2]. The molecule has 0 heterocycles. The summed E-state index contributed by atoms with van der Waals surface area (Å²) in [7, 11) is 5.40. The molecule has 56 valence electrons. The smallest absolute Gasteiger partial charge is 0.544 e. The molecule has 0 unspecified atom stereocenters. The predicted octanol–water partition coefficient (Wildman–Crippen LogP) is -1.56. The van der Waals surface area contributed by atoms with Gasteiger partial charge in [0.15, 0.2) is 0 Å². The van der Waals surface area contributed by atoms with Crippen LogP contribution in [0.15, 0.2) is 0 Å². The van der Waals surface area contributed by atoms with Crippen molar-refractivity contribution in [2.24, 2.45) is 0 Å². The molecule has 0 atom stereocenters. The Morgan fingerprint density at radius 2 is 1.78 bits per heavy atom. The van der Waals surface area contributed by atoms with E-state index >= 15 is 0 Å². The Balaban J connectivity index is 0. The fourth-order valence-corrected chi connectivity index (χ4v) is 0.387. The number of hydrogen-bond acceptors (Lipinski definition) is 2. The number of carbonyl (C=O) groups excluding carboxylic acids is 1. The Bertz CT molecular complexity index is 97.6. The number of aliphatic carboxylic acids is 1. The maximum atomic E-state index is 9.89. The van der Waals surface area contributed by atoms with Crippen LogP contribution in [0, 0.1) is 0 Å². The zero-order chi connectivity index (χ0) is 6.78. The van der Waals surface area contributed by atoms with E-state index in [4.69, 9.17) is 0 Å². The number of carboxylic acids is 1. The average Bonchev–Trinajstić information content (AvgIpc) is 1.21. The van der Waals surface area contributed by atoms with Gasteiger partial charge in [-0.25, -0.2) is 0 Å². The van der Waals surface area contributed by atoms with Crippen LogP contribution >= 0.6 is 0 Å². The van der Waals surface area contributed by atoms with E-state index in [9.17, 15) is 9.90 Å². The van der Waals surface area contributed by atoms with Gasteiger partial charge in [0, 0.05) is 0 Å². The molecule has 0 radical (unpaired) electrons. The minimum atomic E-state index is -1.00.